The Balaban J connectivity index is 1.72. The van der Waals surface area contributed by atoms with Crippen LogP contribution in [0.4, 0.5) is 0 Å². The first-order valence-corrected chi connectivity index (χ1v) is 7.43. The molecule has 19 heavy (non-hydrogen) atoms. The molecule has 4 rings (SSSR count). The van der Waals surface area contributed by atoms with Crippen LogP contribution in [0.1, 0.15) is 30.9 Å². The Labute approximate surface area is 118 Å². The monoisotopic (exact) mass is 279 g/mol. The molecule has 3 aliphatic heterocycles. The predicted octanol–water partition coefficient (Wildman–Crippen LogP) is 2.62. The van der Waals surface area contributed by atoms with Gasteiger partial charge in [0.2, 0.25) is 0 Å². The zero-order valence-corrected chi connectivity index (χ0v) is 11.6. The topological polar surface area (TPSA) is 32.7 Å². The van der Waals surface area contributed by atoms with Gasteiger partial charge in [-0.15, -0.1) is 0 Å². The second-order valence-electron chi connectivity index (χ2n) is 6.11. The van der Waals surface area contributed by atoms with E-state index in [2.05, 4.69) is 4.90 Å². The van der Waals surface area contributed by atoms with Crippen LogP contribution in [0.15, 0.2) is 18.2 Å². The molecular formula is C15H18ClNO2. The lowest BCUT2D eigenvalue weighted by molar-refractivity contribution is -0.0736. The summed E-state index contributed by atoms with van der Waals surface area (Å²) in [4.78, 5) is 2.50. The number of benzene rings is 1. The fourth-order valence-electron chi connectivity index (χ4n) is 3.99. The van der Waals surface area contributed by atoms with Gasteiger partial charge in [0.05, 0.1) is 6.10 Å². The Morgan fingerprint density at radius 1 is 1.37 bits per heavy atom. The van der Waals surface area contributed by atoms with E-state index in [0.29, 0.717) is 17.4 Å². The van der Waals surface area contributed by atoms with Crippen LogP contribution >= 0.6 is 11.6 Å². The fourth-order valence-corrected chi connectivity index (χ4v) is 4.17. The minimum absolute atomic E-state index is 0.159. The number of ether oxygens (including phenoxy) is 1. The summed E-state index contributed by atoms with van der Waals surface area (Å²) in [5.41, 5.74) is 0.686. The molecule has 1 aromatic rings. The van der Waals surface area contributed by atoms with Crippen molar-refractivity contribution < 1.29 is 9.84 Å². The van der Waals surface area contributed by atoms with E-state index < -0.39 is 6.10 Å². The molecule has 1 N–H and O–H groups in total. The molecule has 0 saturated carbocycles. The van der Waals surface area contributed by atoms with Crippen LogP contribution in [0.3, 0.4) is 0 Å². The number of aliphatic hydroxyl groups is 1. The normalized spacial score (nSPS) is 40.0. The van der Waals surface area contributed by atoms with Gasteiger partial charge in [0.1, 0.15) is 11.4 Å². The quantitative estimate of drug-likeness (QED) is 0.792. The smallest absolute Gasteiger partial charge is 0.126 e. The van der Waals surface area contributed by atoms with Crippen LogP contribution in [0.5, 0.6) is 5.75 Å². The third-order valence-corrected chi connectivity index (χ3v) is 5.29. The van der Waals surface area contributed by atoms with E-state index in [0.717, 1.165) is 30.8 Å². The van der Waals surface area contributed by atoms with Crippen LogP contribution in [0.2, 0.25) is 5.02 Å². The van der Waals surface area contributed by atoms with E-state index in [1.54, 1.807) is 0 Å². The molecule has 1 spiro atoms. The molecule has 0 amide bonds. The van der Waals surface area contributed by atoms with Gasteiger partial charge in [-0.2, -0.15) is 0 Å². The zero-order chi connectivity index (χ0) is 13.0. The Morgan fingerprint density at radius 2 is 2.26 bits per heavy atom. The average Bonchev–Trinajstić information content (AvgIpc) is 2.81. The lowest BCUT2D eigenvalue weighted by Gasteiger charge is -2.47. The molecule has 1 aromatic carbocycles. The molecule has 2 bridgehead atoms. The average molecular weight is 280 g/mol. The highest BCUT2D eigenvalue weighted by Crippen LogP contribution is 2.49. The van der Waals surface area contributed by atoms with Crippen molar-refractivity contribution >= 4 is 11.6 Å². The fraction of sp³-hybridized carbons (Fsp3) is 0.600. The van der Waals surface area contributed by atoms with Gasteiger partial charge in [-0.25, -0.2) is 0 Å². The third kappa shape index (κ3) is 1.79. The highest BCUT2D eigenvalue weighted by Gasteiger charge is 2.51. The summed E-state index contributed by atoms with van der Waals surface area (Å²) in [7, 11) is 0. The van der Waals surface area contributed by atoms with Crippen molar-refractivity contribution in [3.63, 3.8) is 0 Å². The number of fused-ring (bicyclic) bond motifs is 4. The van der Waals surface area contributed by atoms with Gasteiger partial charge in [-0.1, -0.05) is 11.6 Å². The highest BCUT2D eigenvalue weighted by atomic mass is 35.5. The molecular weight excluding hydrogens is 262 g/mol. The van der Waals surface area contributed by atoms with Crippen LogP contribution in [0.25, 0.3) is 0 Å². The molecule has 3 heterocycles. The van der Waals surface area contributed by atoms with Crippen molar-refractivity contribution in [3.05, 3.63) is 28.8 Å². The maximum Gasteiger partial charge on any atom is 0.126 e. The minimum Gasteiger partial charge on any atom is -0.486 e. The van der Waals surface area contributed by atoms with E-state index in [4.69, 9.17) is 16.3 Å². The van der Waals surface area contributed by atoms with Crippen molar-refractivity contribution in [2.75, 3.05) is 19.6 Å². The summed E-state index contributed by atoms with van der Waals surface area (Å²) in [5, 5.41) is 11.1. The lowest BCUT2D eigenvalue weighted by Crippen LogP contribution is -2.53. The molecule has 2 fully saturated rings. The van der Waals surface area contributed by atoms with Crippen LogP contribution in [-0.2, 0) is 0 Å². The highest BCUT2D eigenvalue weighted by molar-refractivity contribution is 6.30. The molecule has 4 unspecified atom stereocenters. The van der Waals surface area contributed by atoms with Crippen molar-refractivity contribution in [2.45, 2.75) is 31.0 Å². The molecule has 102 valence electrons. The number of hydrogen-bond donors (Lipinski definition) is 1. The van der Waals surface area contributed by atoms with E-state index >= 15 is 0 Å². The lowest BCUT2D eigenvalue weighted by atomic mass is 9.75. The van der Waals surface area contributed by atoms with Gasteiger partial charge in [-0.05, 0) is 31.2 Å². The molecule has 4 heteroatoms. The number of aliphatic hydroxyl groups excluding tert-OH is 1. The summed E-state index contributed by atoms with van der Waals surface area (Å²) in [6, 6.07) is 5.58. The van der Waals surface area contributed by atoms with Gasteiger partial charge in [0.15, 0.2) is 0 Å². The van der Waals surface area contributed by atoms with Gasteiger partial charge < -0.3 is 14.7 Å². The van der Waals surface area contributed by atoms with Crippen LogP contribution in [0, 0.1) is 5.92 Å². The second-order valence-corrected chi connectivity index (χ2v) is 6.54. The standard InChI is InChI=1S/C15H18ClNO2/c16-11-1-2-14-12(7-11)13(18)8-15(19-14)4-6-17-5-3-10(15)9-17/h1-2,7,10,13,18H,3-6,8-9H2. The van der Waals surface area contributed by atoms with Gasteiger partial charge in [-0.3, -0.25) is 0 Å². The summed E-state index contributed by atoms with van der Waals surface area (Å²) >= 11 is 6.01. The van der Waals surface area contributed by atoms with E-state index in [1.807, 2.05) is 18.2 Å². The first-order chi connectivity index (χ1) is 9.16. The maximum atomic E-state index is 10.5. The summed E-state index contributed by atoms with van der Waals surface area (Å²) in [6.45, 7) is 3.39. The second kappa shape index (κ2) is 4.11. The van der Waals surface area contributed by atoms with Crippen molar-refractivity contribution in [1.29, 1.82) is 0 Å². The molecule has 0 radical (unpaired) electrons. The number of nitrogens with zero attached hydrogens (tertiary/aromatic N) is 1. The molecule has 3 nitrogen and oxygen atoms in total. The van der Waals surface area contributed by atoms with E-state index in [-0.39, 0.29) is 5.60 Å². The SMILES string of the molecule is OC1CC2(CCN3CCC2C3)Oc2ccc(Cl)cc21. The largest absolute Gasteiger partial charge is 0.486 e. The van der Waals surface area contributed by atoms with Crippen molar-refractivity contribution in [1.82, 2.24) is 4.90 Å². The molecule has 4 atom stereocenters. The summed E-state index contributed by atoms with van der Waals surface area (Å²) < 4.78 is 6.37. The molecule has 2 saturated heterocycles. The van der Waals surface area contributed by atoms with Crippen LogP contribution < -0.4 is 4.74 Å². The van der Waals surface area contributed by atoms with Crippen molar-refractivity contribution in [3.8, 4) is 5.75 Å². The third-order valence-electron chi connectivity index (χ3n) is 5.05. The number of piperidine rings is 1. The zero-order valence-electron chi connectivity index (χ0n) is 10.8. The summed E-state index contributed by atoms with van der Waals surface area (Å²) in [6.07, 6.45) is 2.47. The van der Waals surface area contributed by atoms with E-state index in [9.17, 15) is 5.11 Å². The van der Waals surface area contributed by atoms with Crippen molar-refractivity contribution in [2.24, 2.45) is 5.92 Å². The van der Waals surface area contributed by atoms with Gasteiger partial charge >= 0.3 is 0 Å². The Morgan fingerprint density at radius 3 is 3.16 bits per heavy atom. The van der Waals surface area contributed by atoms with Gasteiger partial charge in [0, 0.05) is 42.4 Å². The Kier molecular flexibility index (Phi) is 2.60. The number of hydrogen-bond acceptors (Lipinski definition) is 3. The molecule has 3 aliphatic rings. The first kappa shape index (κ1) is 12.0. The maximum absolute atomic E-state index is 10.5. The van der Waals surface area contributed by atoms with Crippen LogP contribution in [-0.4, -0.2) is 35.2 Å². The number of rotatable bonds is 0. The number of halogens is 1. The predicted molar refractivity (Wildman–Crippen MR) is 73.6 cm³/mol. The Bertz CT molecular complexity index is 521. The van der Waals surface area contributed by atoms with Gasteiger partial charge in [0.25, 0.3) is 0 Å². The first-order valence-electron chi connectivity index (χ1n) is 7.05. The molecule has 0 aliphatic carbocycles. The molecule has 0 aromatic heterocycles. The minimum atomic E-state index is -0.449. The Hall–Kier alpha value is -0.770. The summed E-state index contributed by atoms with van der Waals surface area (Å²) in [5.74, 6) is 1.38. The van der Waals surface area contributed by atoms with E-state index in [1.165, 1.54) is 13.0 Å².